The lowest BCUT2D eigenvalue weighted by molar-refractivity contribution is -0.134. The monoisotopic (exact) mass is 180 g/mol. The van der Waals surface area contributed by atoms with Gasteiger partial charge < -0.3 is 4.74 Å². The molecule has 0 atom stereocenters. The van der Waals surface area contributed by atoms with Gasteiger partial charge in [0.1, 0.15) is 5.83 Å². The molecular weight excluding hydrogens is 171 g/mol. The van der Waals surface area contributed by atoms with E-state index in [4.69, 9.17) is 0 Å². The molecule has 0 saturated heterocycles. The number of hydrogen-bond donors (Lipinski definition) is 0. The molecule has 0 aliphatic carbocycles. The molecule has 0 spiro atoms. The Bertz CT molecular complexity index is 317. The molecule has 1 rings (SSSR count). The molecule has 0 aliphatic rings. The van der Waals surface area contributed by atoms with Crippen molar-refractivity contribution in [3.05, 3.63) is 42.0 Å². The van der Waals surface area contributed by atoms with E-state index in [0.717, 1.165) is 6.08 Å². The molecule has 0 saturated carbocycles. The third-order valence-electron chi connectivity index (χ3n) is 1.50. The lowest BCUT2D eigenvalue weighted by atomic mass is 10.2. The number of carbonyl (C=O) groups excluding carboxylic acids is 1. The Balaban J connectivity index is 2.85. The van der Waals surface area contributed by atoms with E-state index in [9.17, 15) is 9.18 Å². The van der Waals surface area contributed by atoms with E-state index in [2.05, 4.69) is 4.74 Å². The Kier molecular flexibility index (Phi) is 3.20. The summed E-state index contributed by atoms with van der Waals surface area (Å²) < 4.78 is 17.4. The van der Waals surface area contributed by atoms with Gasteiger partial charge in [-0.05, 0) is 0 Å². The second-order valence-electron chi connectivity index (χ2n) is 2.38. The van der Waals surface area contributed by atoms with Crippen LogP contribution in [0.3, 0.4) is 0 Å². The van der Waals surface area contributed by atoms with E-state index in [1.165, 1.54) is 7.11 Å². The highest BCUT2D eigenvalue weighted by Crippen LogP contribution is 2.14. The summed E-state index contributed by atoms with van der Waals surface area (Å²) in [5, 5.41) is 0. The molecule has 0 radical (unpaired) electrons. The van der Waals surface area contributed by atoms with E-state index in [-0.39, 0.29) is 0 Å². The number of halogens is 1. The minimum Gasteiger partial charge on any atom is -0.466 e. The van der Waals surface area contributed by atoms with Gasteiger partial charge in [-0.1, -0.05) is 30.3 Å². The van der Waals surface area contributed by atoms with Gasteiger partial charge in [-0.15, -0.1) is 0 Å². The van der Waals surface area contributed by atoms with Gasteiger partial charge in [0.25, 0.3) is 0 Å². The number of methoxy groups -OCH3 is 1. The maximum Gasteiger partial charge on any atom is 0.333 e. The van der Waals surface area contributed by atoms with Gasteiger partial charge >= 0.3 is 5.97 Å². The third-order valence-corrected chi connectivity index (χ3v) is 1.50. The smallest absolute Gasteiger partial charge is 0.333 e. The van der Waals surface area contributed by atoms with Gasteiger partial charge in [-0.2, -0.15) is 0 Å². The largest absolute Gasteiger partial charge is 0.466 e. The molecule has 1 aromatic carbocycles. The molecule has 0 heterocycles. The van der Waals surface area contributed by atoms with Gasteiger partial charge in [0, 0.05) is 5.56 Å². The predicted molar refractivity (Wildman–Crippen MR) is 47.5 cm³/mol. The van der Waals surface area contributed by atoms with Crippen LogP contribution in [0.4, 0.5) is 4.39 Å². The zero-order valence-corrected chi connectivity index (χ0v) is 7.16. The van der Waals surface area contributed by atoms with Gasteiger partial charge in [0.2, 0.25) is 0 Å². The number of benzene rings is 1. The standard InChI is InChI=1S/C10H9FO2/c1-13-10(12)7-9(11)8-5-3-2-4-6-8/h2-7H,1H3/b9-7-. The van der Waals surface area contributed by atoms with Crippen molar-refractivity contribution in [1.82, 2.24) is 0 Å². The first-order valence-electron chi connectivity index (χ1n) is 3.74. The summed E-state index contributed by atoms with van der Waals surface area (Å²) in [5.41, 5.74) is 0.368. The van der Waals surface area contributed by atoms with E-state index in [1.807, 2.05) is 0 Å². The third kappa shape index (κ3) is 2.71. The summed E-state index contributed by atoms with van der Waals surface area (Å²) >= 11 is 0. The first kappa shape index (κ1) is 9.45. The van der Waals surface area contributed by atoms with Crippen molar-refractivity contribution >= 4 is 11.8 Å². The molecule has 0 unspecified atom stereocenters. The Morgan fingerprint density at radius 1 is 1.38 bits per heavy atom. The van der Waals surface area contributed by atoms with E-state index >= 15 is 0 Å². The van der Waals surface area contributed by atoms with Crippen molar-refractivity contribution < 1.29 is 13.9 Å². The van der Waals surface area contributed by atoms with Crippen LogP contribution in [-0.4, -0.2) is 13.1 Å². The second kappa shape index (κ2) is 4.40. The van der Waals surface area contributed by atoms with Gasteiger partial charge in [0.15, 0.2) is 0 Å². The highest BCUT2D eigenvalue weighted by Gasteiger charge is 2.02. The minimum absolute atomic E-state index is 0.368. The Labute approximate surface area is 75.6 Å². The van der Waals surface area contributed by atoms with Crippen molar-refractivity contribution in [2.75, 3.05) is 7.11 Å². The van der Waals surface area contributed by atoms with Crippen LogP contribution in [0.1, 0.15) is 5.56 Å². The lowest BCUT2D eigenvalue weighted by Crippen LogP contribution is -1.95. The Hall–Kier alpha value is -1.64. The summed E-state index contributed by atoms with van der Waals surface area (Å²) in [6.07, 6.45) is 0.815. The van der Waals surface area contributed by atoms with Crippen LogP contribution in [0.5, 0.6) is 0 Å². The quantitative estimate of drug-likeness (QED) is 0.515. The van der Waals surface area contributed by atoms with Crippen LogP contribution in [0.25, 0.3) is 5.83 Å². The molecule has 13 heavy (non-hydrogen) atoms. The van der Waals surface area contributed by atoms with Crippen LogP contribution >= 0.6 is 0 Å². The van der Waals surface area contributed by atoms with E-state index in [1.54, 1.807) is 30.3 Å². The fourth-order valence-electron chi connectivity index (χ4n) is 0.843. The maximum atomic E-state index is 13.1. The highest BCUT2D eigenvalue weighted by atomic mass is 19.1. The summed E-state index contributed by atoms with van der Waals surface area (Å²) in [7, 11) is 1.21. The van der Waals surface area contributed by atoms with Crippen LogP contribution in [-0.2, 0) is 9.53 Å². The summed E-state index contributed by atoms with van der Waals surface area (Å²) in [6.45, 7) is 0. The molecule has 68 valence electrons. The number of ether oxygens (including phenoxy) is 1. The lowest BCUT2D eigenvalue weighted by Gasteiger charge is -1.95. The van der Waals surface area contributed by atoms with E-state index < -0.39 is 11.8 Å². The molecule has 0 N–H and O–H groups in total. The van der Waals surface area contributed by atoms with Crippen LogP contribution < -0.4 is 0 Å². The molecule has 0 amide bonds. The van der Waals surface area contributed by atoms with Crippen molar-refractivity contribution in [3.8, 4) is 0 Å². The zero-order chi connectivity index (χ0) is 9.68. The fraction of sp³-hybridized carbons (Fsp3) is 0.100. The molecular formula is C10H9FO2. The number of esters is 1. The van der Waals surface area contributed by atoms with Gasteiger partial charge in [-0.3, -0.25) is 0 Å². The molecule has 0 aliphatic heterocycles. The topological polar surface area (TPSA) is 26.3 Å². The molecule has 3 heteroatoms. The van der Waals surface area contributed by atoms with E-state index in [0.29, 0.717) is 5.56 Å². The van der Waals surface area contributed by atoms with Gasteiger partial charge in [-0.25, -0.2) is 9.18 Å². The molecule has 0 aromatic heterocycles. The van der Waals surface area contributed by atoms with Crippen molar-refractivity contribution in [3.63, 3.8) is 0 Å². The van der Waals surface area contributed by atoms with Gasteiger partial charge in [0.05, 0.1) is 13.2 Å². The number of carbonyl (C=O) groups is 1. The Morgan fingerprint density at radius 2 is 2.00 bits per heavy atom. The summed E-state index contributed by atoms with van der Waals surface area (Å²) in [6, 6.07) is 8.32. The first-order chi connectivity index (χ1) is 6.24. The SMILES string of the molecule is COC(=O)/C=C(\F)c1ccccc1. The molecule has 0 bridgehead atoms. The predicted octanol–water partition coefficient (Wildman–Crippen LogP) is 2.17. The van der Waals surface area contributed by atoms with Crippen molar-refractivity contribution in [2.45, 2.75) is 0 Å². The second-order valence-corrected chi connectivity index (χ2v) is 2.38. The summed E-state index contributed by atoms with van der Waals surface area (Å²) in [5.74, 6) is -1.28. The molecule has 2 nitrogen and oxygen atoms in total. The van der Waals surface area contributed by atoms with Crippen LogP contribution in [0, 0.1) is 0 Å². The molecule has 1 aromatic rings. The number of hydrogen-bond acceptors (Lipinski definition) is 2. The van der Waals surface area contributed by atoms with Crippen LogP contribution in [0.15, 0.2) is 36.4 Å². The highest BCUT2D eigenvalue weighted by molar-refractivity contribution is 5.89. The average Bonchev–Trinajstić information content (AvgIpc) is 2.19. The minimum atomic E-state index is -0.693. The first-order valence-corrected chi connectivity index (χ1v) is 3.74. The van der Waals surface area contributed by atoms with Crippen molar-refractivity contribution in [1.29, 1.82) is 0 Å². The molecule has 0 fully saturated rings. The normalized spacial score (nSPS) is 11.1. The fourth-order valence-corrected chi connectivity index (χ4v) is 0.843. The Morgan fingerprint density at radius 3 is 2.54 bits per heavy atom. The number of rotatable bonds is 2. The van der Waals surface area contributed by atoms with Crippen LogP contribution in [0.2, 0.25) is 0 Å². The summed E-state index contributed by atoms with van der Waals surface area (Å²) in [4.78, 5) is 10.7. The maximum absolute atomic E-state index is 13.1. The zero-order valence-electron chi connectivity index (χ0n) is 7.16. The average molecular weight is 180 g/mol. The van der Waals surface area contributed by atoms with Crippen molar-refractivity contribution in [2.24, 2.45) is 0 Å².